The van der Waals surface area contributed by atoms with Crippen LogP contribution < -0.4 is 10.6 Å². The number of halogens is 1. The lowest BCUT2D eigenvalue weighted by molar-refractivity contribution is 0.128. The van der Waals surface area contributed by atoms with Crippen LogP contribution >= 0.6 is 24.0 Å². The molecule has 2 heterocycles. The van der Waals surface area contributed by atoms with Gasteiger partial charge in [0.05, 0.1) is 6.61 Å². The Morgan fingerprint density at radius 3 is 2.84 bits per heavy atom. The Hall–Kier alpha value is -1.42. The number of nitrogens with zero attached hydrogens (tertiary/aromatic N) is 4. The maximum absolute atomic E-state index is 5.61. The summed E-state index contributed by atoms with van der Waals surface area (Å²) in [6.45, 7) is 9.92. The summed E-state index contributed by atoms with van der Waals surface area (Å²) in [5.41, 5.74) is 0.833. The zero-order valence-electron chi connectivity index (χ0n) is 15.2. The van der Waals surface area contributed by atoms with Crippen molar-refractivity contribution in [3.8, 4) is 0 Å². The van der Waals surface area contributed by atoms with Crippen LogP contribution in [0.2, 0.25) is 0 Å². The molecule has 0 saturated carbocycles. The Morgan fingerprint density at radius 1 is 1.24 bits per heavy atom. The molecule has 2 rings (SSSR count). The fraction of sp³-hybridized carbons (Fsp3) is 0.588. The molecule has 8 heteroatoms. The minimum Gasteiger partial charge on any atom is -0.380 e. The normalized spacial score (nSPS) is 11.6. The summed E-state index contributed by atoms with van der Waals surface area (Å²) in [5.74, 6) is 2.25. The van der Waals surface area contributed by atoms with Crippen molar-refractivity contribution in [2.24, 2.45) is 10.9 Å². The average Bonchev–Trinajstić information content (AvgIpc) is 2.98. The summed E-state index contributed by atoms with van der Waals surface area (Å²) in [5, 5.41) is 14.8. The van der Waals surface area contributed by atoms with E-state index in [0.717, 1.165) is 43.5 Å². The van der Waals surface area contributed by atoms with Crippen LogP contribution in [0, 0.1) is 5.92 Å². The van der Waals surface area contributed by atoms with Gasteiger partial charge in [-0.25, -0.2) is 4.99 Å². The molecule has 0 aliphatic carbocycles. The molecule has 2 aromatic heterocycles. The molecule has 0 atom stereocenters. The van der Waals surface area contributed by atoms with Gasteiger partial charge < -0.3 is 15.4 Å². The lowest BCUT2D eigenvalue weighted by Crippen LogP contribution is -2.39. The molecule has 0 aliphatic heterocycles. The summed E-state index contributed by atoms with van der Waals surface area (Å²) in [7, 11) is 0. The third-order valence-corrected chi connectivity index (χ3v) is 3.49. The summed E-state index contributed by atoms with van der Waals surface area (Å²) in [6.07, 6.45) is 3.04. The van der Waals surface area contributed by atoms with Gasteiger partial charge in [-0.1, -0.05) is 19.9 Å². The SMILES string of the molecule is CCNC(=NCc1nnc2ccccn12)NCCOCCC(C)C.I. The Balaban J connectivity index is 0.00000312. The highest BCUT2D eigenvalue weighted by Gasteiger charge is 2.04. The summed E-state index contributed by atoms with van der Waals surface area (Å²) >= 11 is 0. The van der Waals surface area contributed by atoms with Crippen molar-refractivity contribution >= 4 is 35.6 Å². The first-order chi connectivity index (χ1) is 11.7. The number of aromatic nitrogens is 3. The molecule has 0 amide bonds. The van der Waals surface area contributed by atoms with Crippen molar-refractivity contribution in [3.63, 3.8) is 0 Å². The molecule has 25 heavy (non-hydrogen) atoms. The number of pyridine rings is 1. The Bertz CT molecular complexity index is 643. The van der Waals surface area contributed by atoms with Crippen molar-refractivity contribution < 1.29 is 4.74 Å². The molecule has 0 aromatic carbocycles. The molecule has 0 spiro atoms. The van der Waals surface area contributed by atoms with Gasteiger partial charge in [-0.15, -0.1) is 34.2 Å². The first kappa shape index (κ1) is 21.6. The molecule has 0 unspecified atom stereocenters. The van der Waals surface area contributed by atoms with Gasteiger partial charge in [0, 0.05) is 25.9 Å². The van der Waals surface area contributed by atoms with E-state index in [-0.39, 0.29) is 24.0 Å². The average molecular weight is 460 g/mol. The van der Waals surface area contributed by atoms with Gasteiger partial charge >= 0.3 is 0 Å². The predicted octanol–water partition coefficient (Wildman–Crippen LogP) is 2.47. The molecule has 2 aromatic rings. The fourth-order valence-corrected chi connectivity index (χ4v) is 2.15. The smallest absolute Gasteiger partial charge is 0.191 e. The topological polar surface area (TPSA) is 75.8 Å². The number of rotatable bonds is 9. The van der Waals surface area contributed by atoms with Crippen LogP contribution in [0.3, 0.4) is 0 Å². The van der Waals surface area contributed by atoms with Crippen LogP contribution in [0.4, 0.5) is 0 Å². The van der Waals surface area contributed by atoms with Crippen molar-refractivity contribution in [2.75, 3.05) is 26.3 Å². The van der Waals surface area contributed by atoms with Crippen LogP contribution in [0.25, 0.3) is 5.65 Å². The fourth-order valence-electron chi connectivity index (χ4n) is 2.15. The van der Waals surface area contributed by atoms with E-state index in [1.54, 1.807) is 0 Å². The van der Waals surface area contributed by atoms with Gasteiger partial charge in [-0.05, 0) is 31.4 Å². The second kappa shape index (κ2) is 12.0. The number of ether oxygens (including phenoxy) is 1. The molecular formula is C17H29IN6O. The Labute approximate surface area is 166 Å². The first-order valence-corrected chi connectivity index (χ1v) is 8.59. The summed E-state index contributed by atoms with van der Waals surface area (Å²) < 4.78 is 7.56. The highest BCUT2D eigenvalue weighted by molar-refractivity contribution is 14.0. The zero-order chi connectivity index (χ0) is 17.2. The van der Waals surface area contributed by atoms with E-state index in [9.17, 15) is 0 Å². The number of guanidine groups is 1. The first-order valence-electron chi connectivity index (χ1n) is 8.59. The molecule has 0 saturated heterocycles. The van der Waals surface area contributed by atoms with E-state index in [1.165, 1.54) is 0 Å². The van der Waals surface area contributed by atoms with E-state index >= 15 is 0 Å². The number of nitrogens with one attached hydrogen (secondary N) is 2. The molecule has 0 bridgehead atoms. The van der Waals surface area contributed by atoms with Crippen LogP contribution in [0.15, 0.2) is 29.4 Å². The van der Waals surface area contributed by atoms with Gasteiger partial charge in [0.25, 0.3) is 0 Å². The highest BCUT2D eigenvalue weighted by Crippen LogP contribution is 2.03. The second-order valence-electron chi connectivity index (χ2n) is 5.96. The number of aliphatic imine (C=N–C) groups is 1. The van der Waals surface area contributed by atoms with E-state index < -0.39 is 0 Å². The monoisotopic (exact) mass is 460 g/mol. The molecule has 140 valence electrons. The predicted molar refractivity (Wildman–Crippen MR) is 111 cm³/mol. The molecule has 2 N–H and O–H groups in total. The second-order valence-corrected chi connectivity index (χ2v) is 5.96. The van der Waals surface area contributed by atoms with Crippen LogP contribution in [-0.2, 0) is 11.3 Å². The van der Waals surface area contributed by atoms with E-state index in [4.69, 9.17) is 4.74 Å². The van der Waals surface area contributed by atoms with Crippen LogP contribution in [0.1, 0.15) is 33.0 Å². The van der Waals surface area contributed by atoms with Gasteiger partial charge in [-0.3, -0.25) is 4.40 Å². The van der Waals surface area contributed by atoms with Crippen molar-refractivity contribution in [2.45, 2.75) is 33.7 Å². The van der Waals surface area contributed by atoms with E-state index in [1.807, 2.05) is 35.7 Å². The van der Waals surface area contributed by atoms with Crippen molar-refractivity contribution in [1.29, 1.82) is 0 Å². The van der Waals surface area contributed by atoms with Gasteiger partial charge in [0.1, 0.15) is 6.54 Å². The van der Waals surface area contributed by atoms with Gasteiger partial charge in [0.2, 0.25) is 0 Å². The lowest BCUT2D eigenvalue weighted by atomic mass is 10.1. The Morgan fingerprint density at radius 2 is 2.08 bits per heavy atom. The van der Waals surface area contributed by atoms with E-state index in [2.05, 4.69) is 39.7 Å². The minimum atomic E-state index is 0. The summed E-state index contributed by atoms with van der Waals surface area (Å²) in [6, 6.07) is 5.83. The number of hydrogen-bond acceptors (Lipinski definition) is 4. The van der Waals surface area contributed by atoms with Gasteiger partial charge in [-0.2, -0.15) is 0 Å². The third-order valence-electron chi connectivity index (χ3n) is 3.49. The standard InChI is InChI=1S/C17H28N6O.HI/c1-4-18-17(19-9-12-24-11-8-14(2)3)20-13-16-22-21-15-7-5-6-10-23(15)16;/h5-7,10,14H,4,8-9,11-13H2,1-3H3,(H2,18,19,20);1H. The number of fused-ring (bicyclic) bond motifs is 1. The molecule has 7 nitrogen and oxygen atoms in total. The third kappa shape index (κ3) is 7.55. The molecular weight excluding hydrogens is 431 g/mol. The number of hydrogen-bond donors (Lipinski definition) is 2. The quantitative estimate of drug-likeness (QED) is 0.260. The van der Waals surface area contributed by atoms with Gasteiger partial charge in [0.15, 0.2) is 17.4 Å². The van der Waals surface area contributed by atoms with E-state index in [0.29, 0.717) is 19.1 Å². The maximum atomic E-state index is 5.61. The molecule has 0 radical (unpaired) electrons. The summed E-state index contributed by atoms with van der Waals surface area (Å²) in [4.78, 5) is 4.57. The largest absolute Gasteiger partial charge is 0.380 e. The van der Waals surface area contributed by atoms with Crippen LogP contribution in [0.5, 0.6) is 0 Å². The maximum Gasteiger partial charge on any atom is 0.191 e. The molecule has 0 aliphatic rings. The van der Waals surface area contributed by atoms with Crippen molar-refractivity contribution in [3.05, 3.63) is 30.2 Å². The van der Waals surface area contributed by atoms with Crippen LogP contribution in [-0.4, -0.2) is 46.9 Å². The zero-order valence-corrected chi connectivity index (χ0v) is 17.6. The highest BCUT2D eigenvalue weighted by atomic mass is 127. The van der Waals surface area contributed by atoms with Crippen molar-refractivity contribution in [1.82, 2.24) is 25.2 Å². The lowest BCUT2D eigenvalue weighted by Gasteiger charge is -2.11. The molecule has 0 fully saturated rings. The minimum absolute atomic E-state index is 0. The Kier molecular flexibility index (Phi) is 10.4.